The molecule has 0 radical (unpaired) electrons. The van der Waals surface area contributed by atoms with Gasteiger partial charge in [-0.2, -0.15) is 0 Å². The van der Waals surface area contributed by atoms with Crippen LogP contribution in [0.2, 0.25) is 0 Å². The number of hydrogen-bond donors (Lipinski definition) is 0. The zero-order chi connectivity index (χ0) is 12.8. The second-order valence-corrected chi connectivity index (χ2v) is 3.93. The van der Waals surface area contributed by atoms with Crippen LogP contribution in [0.25, 0.3) is 0 Å². The molecule has 0 saturated heterocycles. The first-order valence-corrected chi connectivity index (χ1v) is 5.90. The maximum Gasteiger partial charge on any atom is 0.227 e. The summed E-state index contributed by atoms with van der Waals surface area (Å²) in [6.45, 7) is 2.72. The van der Waals surface area contributed by atoms with Gasteiger partial charge in [0.15, 0.2) is 11.6 Å². The molecule has 0 aliphatic rings. The first-order chi connectivity index (χ1) is 8.10. The monoisotopic (exact) mass is 261 g/mol. The number of carbonyl (C=O) groups excluding carboxylic acids is 1. The Morgan fingerprint density at radius 3 is 2.71 bits per heavy atom. The summed E-state index contributed by atoms with van der Waals surface area (Å²) < 4.78 is 26.3. The van der Waals surface area contributed by atoms with Gasteiger partial charge in [-0.1, -0.05) is 12.1 Å². The summed E-state index contributed by atoms with van der Waals surface area (Å²) in [5, 5.41) is 0. The summed E-state index contributed by atoms with van der Waals surface area (Å²) in [6.07, 6.45) is -0.145. The molecule has 1 amide bonds. The molecule has 0 spiro atoms. The molecule has 5 heteroatoms. The fraction of sp³-hybridized carbons (Fsp3) is 0.417. The number of hydrogen-bond acceptors (Lipinski definition) is 1. The quantitative estimate of drug-likeness (QED) is 0.746. The Morgan fingerprint density at radius 1 is 1.41 bits per heavy atom. The third-order valence-corrected chi connectivity index (χ3v) is 2.63. The smallest absolute Gasteiger partial charge is 0.227 e. The van der Waals surface area contributed by atoms with Gasteiger partial charge in [0.2, 0.25) is 5.91 Å². The van der Waals surface area contributed by atoms with Crippen molar-refractivity contribution in [2.45, 2.75) is 13.3 Å². The third-order valence-electron chi connectivity index (χ3n) is 2.46. The highest BCUT2D eigenvalue weighted by molar-refractivity contribution is 6.18. The van der Waals surface area contributed by atoms with Crippen molar-refractivity contribution in [1.82, 2.24) is 4.90 Å². The standard InChI is InChI=1S/C12H14ClF2NO/c1-2-16(7-6-13)11(17)8-9-4-3-5-10(14)12(9)15/h3-5H,2,6-8H2,1H3. The molecule has 94 valence electrons. The molecule has 2 nitrogen and oxygen atoms in total. The Hall–Kier alpha value is -1.16. The number of nitrogens with zero attached hydrogens (tertiary/aromatic N) is 1. The molecule has 0 heterocycles. The summed E-state index contributed by atoms with van der Waals surface area (Å²) in [6, 6.07) is 3.82. The van der Waals surface area contributed by atoms with E-state index < -0.39 is 11.6 Å². The molecule has 1 rings (SSSR count). The van der Waals surface area contributed by atoms with E-state index in [4.69, 9.17) is 11.6 Å². The van der Waals surface area contributed by atoms with Crippen LogP contribution in [-0.4, -0.2) is 29.8 Å². The highest BCUT2D eigenvalue weighted by atomic mass is 35.5. The Morgan fingerprint density at radius 2 is 2.12 bits per heavy atom. The molecule has 0 aliphatic heterocycles. The van der Waals surface area contributed by atoms with Crippen LogP contribution in [-0.2, 0) is 11.2 Å². The van der Waals surface area contributed by atoms with Gasteiger partial charge in [-0.25, -0.2) is 8.78 Å². The highest BCUT2D eigenvalue weighted by Gasteiger charge is 2.15. The topological polar surface area (TPSA) is 20.3 Å². The fourth-order valence-electron chi connectivity index (χ4n) is 1.52. The van der Waals surface area contributed by atoms with Crippen LogP contribution in [0.4, 0.5) is 8.78 Å². The van der Waals surface area contributed by atoms with Gasteiger partial charge in [-0.15, -0.1) is 11.6 Å². The van der Waals surface area contributed by atoms with Gasteiger partial charge in [-0.3, -0.25) is 4.79 Å². The minimum atomic E-state index is -0.956. The minimum Gasteiger partial charge on any atom is -0.341 e. The second kappa shape index (κ2) is 6.55. The lowest BCUT2D eigenvalue weighted by Crippen LogP contribution is -2.33. The Bertz CT molecular complexity index is 398. The number of amides is 1. The van der Waals surface area contributed by atoms with E-state index >= 15 is 0 Å². The van der Waals surface area contributed by atoms with E-state index in [9.17, 15) is 13.6 Å². The summed E-state index contributed by atoms with van der Waals surface area (Å²) in [7, 11) is 0. The van der Waals surface area contributed by atoms with Crippen molar-refractivity contribution in [2.75, 3.05) is 19.0 Å². The van der Waals surface area contributed by atoms with E-state index in [1.165, 1.54) is 17.0 Å². The Balaban J connectivity index is 2.76. The van der Waals surface area contributed by atoms with Gasteiger partial charge in [0.05, 0.1) is 6.42 Å². The molecule has 0 N–H and O–H groups in total. The molecular formula is C12H14ClF2NO. The van der Waals surface area contributed by atoms with E-state index in [2.05, 4.69) is 0 Å². The summed E-state index contributed by atoms with van der Waals surface area (Å²) in [5.74, 6) is -1.82. The molecule has 1 aromatic rings. The number of halogens is 3. The first kappa shape index (κ1) is 13.9. The molecule has 0 bridgehead atoms. The molecule has 0 fully saturated rings. The zero-order valence-electron chi connectivity index (χ0n) is 9.55. The average Bonchev–Trinajstić information content (AvgIpc) is 2.31. The number of likely N-dealkylation sites (N-methyl/N-ethyl adjacent to an activating group) is 1. The SMILES string of the molecule is CCN(CCCl)C(=O)Cc1cccc(F)c1F. The number of rotatable bonds is 5. The molecule has 0 aromatic heterocycles. The molecule has 0 atom stereocenters. The van der Waals surface area contributed by atoms with Crippen LogP contribution < -0.4 is 0 Å². The van der Waals surface area contributed by atoms with E-state index in [0.717, 1.165) is 6.07 Å². The zero-order valence-corrected chi connectivity index (χ0v) is 10.3. The van der Waals surface area contributed by atoms with Crippen LogP contribution in [0.5, 0.6) is 0 Å². The number of carbonyl (C=O) groups is 1. The van der Waals surface area contributed by atoms with Crippen molar-refractivity contribution in [2.24, 2.45) is 0 Å². The number of benzene rings is 1. The average molecular weight is 262 g/mol. The fourth-order valence-corrected chi connectivity index (χ4v) is 1.72. The lowest BCUT2D eigenvalue weighted by molar-refractivity contribution is -0.130. The van der Waals surface area contributed by atoms with Crippen molar-refractivity contribution in [3.05, 3.63) is 35.4 Å². The predicted octanol–water partition coefficient (Wildman–Crippen LogP) is 2.59. The minimum absolute atomic E-state index is 0.0722. The lowest BCUT2D eigenvalue weighted by atomic mass is 10.1. The van der Waals surface area contributed by atoms with Gasteiger partial charge in [-0.05, 0) is 13.0 Å². The van der Waals surface area contributed by atoms with Gasteiger partial charge in [0.1, 0.15) is 0 Å². The maximum absolute atomic E-state index is 13.3. The van der Waals surface area contributed by atoms with Gasteiger partial charge in [0, 0.05) is 24.5 Å². The highest BCUT2D eigenvalue weighted by Crippen LogP contribution is 2.13. The molecule has 0 unspecified atom stereocenters. The van der Waals surface area contributed by atoms with Gasteiger partial charge < -0.3 is 4.90 Å². The predicted molar refractivity (Wildman–Crippen MR) is 63.0 cm³/mol. The molecule has 1 aromatic carbocycles. The summed E-state index contributed by atoms with van der Waals surface area (Å²) in [4.78, 5) is 13.3. The summed E-state index contributed by atoms with van der Waals surface area (Å²) in [5.41, 5.74) is 0.0722. The largest absolute Gasteiger partial charge is 0.341 e. The van der Waals surface area contributed by atoms with Crippen molar-refractivity contribution in [3.8, 4) is 0 Å². The third kappa shape index (κ3) is 3.66. The normalized spacial score (nSPS) is 10.4. The van der Waals surface area contributed by atoms with Crippen molar-refractivity contribution >= 4 is 17.5 Å². The van der Waals surface area contributed by atoms with E-state index in [0.29, 0.717) is 19.0 Å². The summed E-state index contributed by atoms with van der Waals surface area (Å²) >= 11 is 5.55. The molecule has 17 heavy (non-hydrogen) atoms. The van der Waals surface area contributed by atoms with Gasteiger partial charge in [0.25, 0.3) is 0 Å². The van der Waals surface area contributed by atoms with Crippen LogP contribution in [0, 0.1) is 11.6 Å². The maximum atomic E-state index is 13.3. The Kier molecular flexibility index (Phi) is 5.35. The second-order valence-electron chi connectivity index (χ2n) is 3.55. The first-order valence-electron chi connectivity index (χ1n) is 5.36. The van der Waals surface area contributed by atoms with E-state index in [-0.39, 0.29) is 17.9 Å². The molecule has 0 aliphatic carbocycles. The molecule has 0 saturated carbocycles. The van der Waals surface area contributed by atoms with Crippen LogP contribution in [0.15, 0.2) is 18.2 Å². The Labute approximate surface area is 104 Å². The van der Waals surface area contributed by atoms with Crippen LogP contribution >= 0.6 is 11.6 Å². The van der Waals surface area contributed by atoms with Crippen molar-refractivity contribution < 1.29 is 13.6 Å². The molecular weight excluding hydrogens is 248 g/mol. The van der Waals surface area contributed by atoms with E-state index in [1.807, 2.05) is 6.92 Å². The number of alkyl halides is 1. The van der Waals surface area contributed by atoms with Crippen molar-refractivity contribution in [3.63, 3.8) is 0 Å². The van der Waals surface area contributed by atoms with Crippen molar-refractivity contribution in [1.29, 1.82) is 0 Å². The van der Waals surface area contributed by atoms with E-state index in [1.54, 1.807) is 0 Å². The van der Waals surface area contributed by atoms with Gasteiger partial charge >= 0.3 is 0 Å². The van der Waals surface area contributed by atoms with Crippen LogP contribution in [0.3, 0.4) is 0 Å². The van der Waals surface area contributed by atoms with Crippen LogP contribution in [0.1, 0.15) is 12.5 Å². The lowest BCUT2D eigenvalue weighted by Gasteiger charge is -2.19.